The van der Waals surface area contributed by atoms with Crippen LogP contribution in [0.3, 0.4) is 0 Å². The van der Waals surface area contributed by atoms with Crippen molar-refractivity contribution in [3.8, 4) is 11.5 Å². The minimum Gasteiger partial charge on any atom is -0.464 e. The summed E-state index contributed by atoms with van der Waals surface area (Å²) in [6.07, 6.45) is 1.56. The molecule has 0 saturated carbocycles. The second-order valence-electron chi connectivity index (χ2n) is 12.0. The number of benzene rings is 3. The summed E-state index contributed by atoms with van der Waals surface area (Å²) in [7, 11) is 0. The topological polar surface area (TPSA) is 115 Å². The summed E-state index contributed by atoms with van der Waals surface area (Å²) in [5, 5.41) is 19.0. The zero-order chi connectivity index (χ0) is 31.2. The molecule has 2 aromatic heterocycles. The molecule has 0 bridgehead atoms. The maximum Gasteiger partial charge on any atom is 0.228 e. The maximum absolute atomic E-state index is 6.50. The third-order valence-electron chi connectivity index (χ3n) is 7.20. The molecule has 10 nitrogen and oxygen atoms in total. The van der Waals surface area contributed by atoms with Crippen molar-refractivity contribution in [3.63, 3.8) is 0 Å². The summed E-state index contributed by atoms with van der Waals surface area (Å²) in [5.74, 6) is 3.27. The Labute approximate surface area is 264 Å². The lowest BCUT2D eigenvalue weighted by molar-refractivity contribution is 0.175. The molecule has 230 valence electrons. The van der Waals surface area contributed by atoms with Crippen molar-refractivity contribution in [2.75, 3.05) is 23.7 Å². The zero-order valence-corrected chi connectivity index (χ0v) is 26.1. The highest BCUT2D eigenvalue weighted by Crippen LogP contribution is 2.37. The van der Waals surface area contributed by atoms with Crippen LogP contribution in [-0.2, 0) is 11.3 Å². The van der Waals surface area contributed by atoms with E-state index < -0.39 is 0 Å². The molecule has 5 aromatic rings. The molecule has 3 heterocycles. The van der Waals surface area contributed by atoms with Crippen LogP contribution in [0.1, 0.15) is 56.2 Å². The normalized spacial score (nSPS) is 14.5. The van der Waals surface area contributed by atoms with Gasteiger partial charge in [-0.05, 0) is 17.4 Å². The Morgan fingerprint density at radius 2 is 1.36 bits per heavy atom. The van der Waals surface area contributed by atoms with E-state index in [0.717, 1.165) is 46.8 Å². The number of hydrogen-bond acceptors (Lipinski definition) is 9. The molecule has 0 saturated heterocycles. The van der Waals surface area contributed by atoms with E-state index in [0.29, 0.717) is 41.8 Å². The first kappa shape index (κ1) is 29.8. The lowest BCUT2D eigenvalue weighted by Gasteiger charge is -2.14. The van der Waals surface area contributed by atoms with E-state index >= 15 is 0 Å². The van der Waals surface area contributed by atoms with Crippen molar-refractivity contribution in [1.82, 2.24) is 35.3 Å². The Balaban J connectivity index is 1.16. The molecule has 10 heteroatoms. The van der Waals surface area contributed by atoms with Crippen LogP contribution in [0, 0.1) is 11.8 Å². The molecule has 45 heavy (non-hydrogen) atoms. The number of ether oxygens (including phenoxy) is 1. The van der Waals surface area contributed by atoms with Crippen molar-refractivity contribution in [2.24, 2.45) is 11.8 Å². The summed E-state index contributed by atoms with van der Waals surface area (Å²) in [6, 6.07) is 28.8. The summed E-state index contributed by atoms with van der Waals surface area (Å²) in [6.45, 7) is 10.6. The van der Waals surface area contributed by atoms with Gasteiger partial charge >= 0.3 is 0 Å². The molecule has 3 aromatic carbocycles. The predicted molar refractivity (Wildman–Crippen MR) is 178 cm³/mol. The molecular formula is C35H39N9O. The Morgan fingerprint density at radius 1 is 0.756 bits per heavy atom. The first-order valence-electron chi connectivity index (χ1n) is 15.4. The number of anilines is 2. The van der Waals surface area contributed by atoms with E-state index in [-0.39, 0.29) is 6.23 Å². The lowest BCUT2D eigenvalue weighted by Crippen LogP contribution is -2.15. The number of nitrogens with one attached hydrogen (secondary N) is 3. The fourth-order valence-corrected chi connectivity index (χ4v) is 4.88. The Bertz CT molecular complexity index is 1650. The first-order valence-corrected chi connectivity index (χ1v) is 15.4. The van der Waals surface area contributed by atoms with E-state index in [1.165, 1.54) is 0 Å². The van der Waals surface area contributed by atoms with Crippen LogP contribution in [0.25, 0.3) is 23.0 Å². The molecule has 6 rings (SSSR count). The molecule has 0 radical (unpaired) electrons. The Kier molecular flexibility index (Phi) is 9.00. The highest BCUT2D eigenvalue weighted by Gasteiger charge is 2.28. The van der Waals surface area contributed by atoms with Crippen molar-refractivity contribution in [3.05, 3.63) is 113 Å². The van der Waals surface area contributed by atoms with E-state index in [1.54, 1.807) is 4.68 Å². The molecule has 0 amide bonds. The van der Waals surface area contributed by atoms with E-state index in [2.05, 4.69) is 117 Å². The van der Waals surface area contributed by atoms with Crippen LogP contribution in [0.15, 0.2) is 91.1 Å². The average Bonchev–Trinajstić information content (AvgIpc) is 3.72. The van der Waals surface area contributed by atoms with Crippen LogP contribution < -0.4 is 16.0 Å². The number of aromatic nitrogens is 6. The smallest absolute Gasteiger partial charge is 0.228 e. The second-order valence-corrected chi connectivity index (χ2v) is 12.0. The van der Waals surface area contributed by atoms with Crippen LogP contribution >= 0.6 is 0 Å². The summed E-state index contributed by atoms with van der Waals surface area (Å²) in [4.78, 5) is 13.8. The van der Waals surface area contributed by atoms with Gasteiger partial charge in [0.05, 0.1) is 18.4 Å². The molecule has 1 aliphatic rings. The number of rotatable bonds is 12. The number of nitrogens with zero attached hydrogens (tertiary/aromatic N) is 6. The monoisotopic (exact) mass is 601 g/mol. The van der Waals surface area contributed by atoms with Gasteiger partial charge in [0, 0.05) is 29.8 Å². The van der Waals surface area contributed by atoms with Gasteiger partial charge in [-0.25, -0.2) is 4.68 Å². The molecule has 3 N–H and O–H groups in total. The molecule has 0 aliphatic carbocycles. The Morgan fingerprint density at radius 3 is 1.96 bits per heavy atom. The van der Waals surface area contributed by atoms with Crippen LogP contribution in [0.5, 0.6) is 0 Å². The minimum atomic E-state index is -0.303. The molecular weight excluding hydrogens is 562 g/mol. The Hall–Kier alpha value is -5.25. The molecule has 0 spiro atoms. The first-order chi connectivity index (χ1) is 21.9. The molecule has 1 unspecified atom stereocenters. The highest BCUT2D eigenvalue weighted by atomic mass is 16.5. The van der Waals surface area contributed by atoms with Gasteiger partial charge in [0.1, 0.15) is 0 Å². The largest absolute Gasteiger partial charge is 0.464 e. The fourth-order valence-electron chi connectivity index (χ4n) is 4.88. The van der Waals surface area contributed by atoms with Crippen molar-refractivity contribution in [2.45, 2.75) is 40.5 Å². The van der Waals surface area contributed by atoms with E-state index in [9.17, 15) is 0 Å². The third kappa shape index (κ3) is 7.46. The van der Waals surface area contributed by atoms with Crippen molar-refractivity contribution < 1.29 is 4.74 Å². The zero-order valence-electron chi connectivity index (χ0n) is 26.1. The molecule has 1 aliphatic heterocycles. The fraction of sp³-hybridized carbons (Fsp3) is 0.286. The van der Waals surface area contributed by atoms with Gasteiger partial charge in [0.25, 0.3) is 0 Å². The number of hydrogen-bond donors (Lipinski definition) is 3. The summed E-state index contributed by atoms with van der Waals surface area (Å²) >= 11 is 0. The van der Waals surface area contributed by atoms with Gasteiger partial charge in [0.2, 0.25) is 11.9 Å². The molecule has 0 fully saturated rings. The van der Waals surface area contributed by atoms with E-state index in [1.807, 2.05) is 42.6 Å². The standard InChI is InChI=1S/C35H39N9O/c1-23(2)19-36-34-39-32(40-35(41-34)37-20-24(3)4)29-22-44(43-42-29)21-25-15-17-28(18-16-25)33-38-30(26-11-7-5-8-12-26)31(45-33)27-13-9-6-10-14-27/h5-18,22-24,33,38H,19-21H2,1-4H3,(H2,36,37,39,40,41). The van der Waals surface area contributed by atoms with Crippen molar-refractivity contribution in [1.29, 1.82) is 0 Å². The van der Waals surface area contributed by atoms with Crippen LogP contribution in [-0.4, -0.2) is 43.0 Å². The third-order valence-corrected chi connectivity index (χ3v) is 7.20. The second kappa shape index (κ2) is 13.6. The van der Waals surface area contributed by atoms with Gasteiger partial charge in [-0.15, -0.1) is 5.10 Å². The van der Waals surface area contributed by atoms with Crippen LogP contribution in [0.4, 0.5) is 11.9 Å². The van der Waals surface area contributed by atoms with Crippen LogP contribution in [0.2, 0.25) is 0 Å². The minimum absolute atomic E-state index is 0.303. The summed E-state index contributed by atoms with van der Waals surface area (Å²) < 4.78 is 8.30. The van der Waals surface area contributed by atoms with E-state index in [4.69, 9.17) is 4.74 Å². The summed E-state index contributed by atoms with van der Waals surface area (Å²) in [5.41, 5.74) is 5.81. The van der Waals surface area contributed by atoms with Gasteiger partial charge in [-0.1, -0.05) is 118 Å². The van der Waals surface area contributed by atoms with Gasteiger partial charge in [0.15, 0.2) is 23.5 Å². The lowest BCUT2D eigenvalue weighted by atomic mass is 10.1. The SMILES string of the molecule is CC(C)CNc1nc(NCC(C)C)nc(-c2cn(Cc3ccc(C4NC(c5ccccc5)=C(c5ccccc5)O4)cc3)nn2)n1. The average molecular weight is 602 g/mol. The predicted octanol–water partition coefficient (Wildman–Crippen LogP) is 6.46. The van der Waals surface area contributed by atoms with Crippen molar-refractivity contribution >= 4 is 23.4 Å². The maximum atomic E-state index is 6.50. The quantitative estimate of drug-likeness (QED) is 0.148. The highest BCUT2D eigenvalue weighted by molar-refractivity contribution is 5.88. The molecule has 1 atom stereocenters. The van der Waals surface area contributed by atoms with Gasteiger partial charge in [-0.2, -0.15) is 15.0 Å². The van der Waals surface area contributed by atoms with Gasteiger partial charge < -0.3 is 20.7 Å². The van der Waals surface area contributed by atoms with Gasteiger partial charge in [-0.3, -0.25) is 0 Å².